The molecule has 1 fully saturated rings. The van der Waals surface area contributed by atoms with Gasteiger partial charge in [0, 0.05) is 25.6 Å². The second-order valence-corrected chi connectivity index (χ2v) is 7.61. The van der Waals surface area contributed by atoms with Crippen LogP contribution in [0, 0.1) is 5.92 Å². The number of nitrogens with one attached hydrogen (secondary N) is 1. The average molecular weight is 318 g/mol. The predicted molar refractivity (Wildman–Crippen MR) is 93.1 cm³/mol. The molecule has 0 aromatic heterocycles. The van der Waals surface area contributed by atoms with Crippen molar-refractivity contribution in [3.63, 3.8) is 0 Å². The highest BCUT2D eigenvalue weighted by Gasteiger charge is 2.31. The van der Waals surface area contributed by atoms with Gasteiger partial charge in [0.25, 0.3) is 0 Å². The number of hydrogen-bond donors (Lipinski definition) is 2. The molecule has 0 heterocycles. The maximum absolute atomic E-state index is 12.3. The number of rotatable bonds is 4. The summed E-state index contributed by atoms with van der Waals surface area (Å²) in [4.78, 5) is 12.3. The number of amides is 1. The molecule has 4 heteroatoms. The van der Waals surface area contributed by atoms with Crippen molar-refractivity contribution in [2.24, 2.45) is 11.7 Å². The molecule has 1 aliphatic carbocycles. The lowest BCUT2D eigenvalue weighted by Gasteiger charge is -2.32. The Morgan fingerprint density at radius 1 is 1.26 bits per heavy atom. The van der Waals surface area contributed by atoms with Crippen molar-refractivity contribution in [2.45, 2.75) is 64.1 Å². The molecule has 1 aromatic carbocycles. The molecule has 1 aromatic rings. The summed E-state index contributed by atoms with van der Waals surface area (Å²) < 4.78 is 5.34. The fourth-order valence-electron chi connectivity index (χ4n) is 3.16. The van der Waals surface area contributed by atoms with Crippen LogP contribution >= 0.6 is 0 Å². The second-order valence-electron chi connectivity index (χ2n) is 7.61. The predicted octanol–water partition coefficient (Wildman–Crippen LogP) is 2.74. The molecule has 128 valence electrons. The molecule has 0 unspecified atom stereocenters. The molecule has 0 spiro atoms. The van der Waals surface area contributed by atoms with Crippen LogP contribution in [0.15, 0.2) is 24.3 Å². The van der Waals surface area contributed by atoms with Gasteiger partial charge in [0.1, 0.15) is 0 Å². The molecular weight excluding hydrogens is 288 g/mol. The number of nitrogens with two attached hydrogens (primary N) is 1. The first-order chi connectivity index (χ1) is 10.8. The zero-order valence-electron chi connectivity index (χ0n) is 14.8. The topological polar surface area (TPSA) is 64.3 Å². The molecule has 1 saturated carbocycles. The molecule has 1 amide bonds. The van der Waals surface area contributed by atoms with Crippen molar-refractivity contribution in [1.82, 2.24) is 5.32 Å². The van der Waals surface area contributed by atoms with Crippen molar-refractivity contribution in [3.05, 3.63) is 35.4 Å². The highest BCUT2D eigenvalue weighted by atomic mass is 16.5. The Kier molecular flexibility index (Phi) is 5.82. The molecule has 2 rings (SSSR count). The van der Waals surface area contributed by atoms with Crippen LogP contribution in [0.3, 0.4) is 0 Å². The number of methoxy groups -OCH3 is 1. The smallest absolute Gasteiger partial charge is 0.223 e. The number of carbonyl (C=O) groups is 1. The molecular formula is C19H30N2O2. The van der Waals surface area contributed by atoms with Gasteiger partial charge in [0.15, 0.2) is 0 Å². The van der Waals surface area contributed by atoms with E-state index in [0.717, 1.165) is 18.4 Å². The second kappa shape index (κ2) is 7.45. The first kappa shape index (κ1) is 18.0. The molecule has 0 saturated heterocycles. The van der Waals surface area contributed by atoms with Gasteiger partial charge in [-0.15, -0.1) is 0 Å². The van der Waals surface area contributed by atoms with Gasteiger partial charge >= 0.3 is 0 Å². The standard InChI is InChI=1S/C19H30N2O2/c1-19(2,3)15-8-5-13(6-9-15)12-21-18(22)14-7-10-17(23-4)16(20)11-14/h5-6,8-9,14,16-17H,7,10-12,20H2,1-4H3,(H,21,22)/t14-,16+,17+/m0/s1. The number of hydrogen-bond acceptors (Lipinski definition) is 3. The van der Waals surface area contributed by atoms with Crippen molar-refractivity contribution < 1.29 is 9.53 Å². The minimum absolute atomic E-state index is 0.00486. The van der Waals surface area contributed by atoms with E-state index in [4.69, 9.17) is 10.5 Å². The van der Waals surface area contributed by atoms with Crippen LogP contribution < -0.4 is 11.1 Å². The van der Waals surface area contributed by atoms with Crippen LogP contribution in [0.25, 0.3) is 0 Å². The summed E-state index contributed by atoms with van der Waals surface area (Å²) >= 11 is 0. The van der Waals surface area contributed by atoms with Crippen molar-refractivity contribution in [1.29, 1.82) is 0 Å². The maximum Gasteiger partial charge on any atom is 0.223 e. The van der Waals surface area contributed by atoms with E-state index >= 15 is 0 Å². The lowest BCUT2D eigenvalue weighted by Crippen LogP contribution is -2.45. The van der Waals surface area contributed by atoms with E-state index in [-0.39, 0.29) is 29.4 Å². The Morgan fingerprint density at radius 3 is 2.43 bits per heavy atom. The summed E-state index contributed by atoms with van der Waals surface area (Å²) in [6.45, 7) is 7.17. The van der Waals surface area contributed by atoms with Crippen molar-refractivity contribution in [3.8, 4) is 0 Å². The lowest BCUT2D eigenvalue weighted by atomic mass is 9.83. The summed E-state index contributed by atoms with van der Waals surface area (Å²) in [6, 6.07) is 8.42. The van der Waals surface area contributed by atoms with Gasteiger partial charge in [-0.3, -0.25) is 4.79 Å². The van der Waals surface area contributed by atoms with E-state index < -0.39 is 0 Å². The monoisotopic (exact) mass is 318 g/mol. The Bertz CT molecular complexity index is 519. The maximum atomic E-state index is 12.3. The molecule has 0 radical (unpaired) electrons. The zero-order valence-corrected chi connectivity index (χ0v) is 14.8. The van der Waals surface area contributed by atoms with Gasteiger partial charge in [-0.25, -0.2) is 0 Å². The molecule has 3 N–H and O–H groups in total. The largest absolute Gasteiger partial charge is 0.380 e. The third kappa shape index (κ3) is 4.79. The normalized spacial score (nSPS) is 25.2. The molecule has 0 aliphatic heterocycles. The fourth-order valence-corrected chi connectivity index (χ4v) is 3.16. The first-order valence-electron chi connectivity index (χ1n) is 8.46. The summed E-state index contributed by atoms with van der Waals surface area (Å²) in [5, 5.41) is 3.04. The number of benzene rings is 1. The summed E-state index contributed by atoms with van der Waals surface area (Å²) in [6.07, 6.45) is 2.49. The summed E-state index contributed by atoms with van der Waals surface area (Å²) in [7, 11) is 1.69. The van der Waals surface area contributed by atoms with Gasteiger partial charge in [-0.2, -0.15) is 0 Å². The minimum Gasteiger partial charge on any atom is -0.380 e. The van der Waals surface area contributed by atoms with Gasteiger partial charge in [0.2, 0.25) is 5.91 Å². The third-order valence-electron chi connectivity index (χ3n) is 4.79. The van der Waals surface area contributed by atoms with Crippen LogP contribution in [-0.4, -0.2) is 25.2 Å². The zero-order chi connectivity index (χ0) is 17.0. The molecule has 0 bridgehead atoms. The molecule has 3 atom stereocenters. The van der Waals surface area contributed by atoms with Gasteiger partial charge < -0.3 is 15.8 Å². The van der Waals surface area contributed by atoms with Gasteiger partial charge in [0.05, 0.1) is 6.10 Å². The molecule has 23 heavy (non-hydrogen) atoms. The van der Waals surface area contributed by atoms with E-state index in [9.17, 15) is 4.79 Å². The number of ether oxygens (including phenoxy) is 1. The van der Waals surface area contributed by atoms with E-state index in [1.165, 1.54) is 5.56 Å². The van der Waals surface area contributed by atoms with Crippen LogP contribution in [0.5, 0.6) is 0 Å². The van der Waals surface area contributed by atoms with E-state index in [1.54, 1.807) is 7.11 Å². The summed E-state index contributed by atoms with van der Waals surface area (Å²) in [5.41, 5.74) is 8.66. The van der Waals surface area contributed by atoms with Gasteiger partial charge in [-0.05, 0) is 35.8 Å². The average Bonchev–Trinajstić information content (AvgIpc) is 2.52. The Balaban J connectivity index is 1.85. The Morgan fingerprint density at radius 2 is 1.91 bits per heavy atom. The number of carbonyl (C=O) groups excluding carboxylic acids is 1. The van der Waals surface area contributed by atoms with Crippen LogP contribution in [0.2, 0.25) is 0 Å². The Labute approximate surface area is 139 Å². The molecule has 4 nitrogen and oxygen atoms in total. The highest BCUT2D eigenvalue weighted by Crippen LogP contribution is 2.26. The van der Waals surface area contributed by atoms with E-state index in [1.807, 2.05) is 0 Å². The van der Waals surface area contributed by atoms with E-state index in [0.29, 0.717) is 13.0 Å². The van der Waals surface area contributed by atoms with Crippen LogP contribution in [-0.2, 0) is 21.5 Å². The van der Waals surface area contributed by atoms with Crippen molar-refractivity contribution in [2.75, 3.05) is 7.11 Å². The quantitative estimate of drug-likeness (QED) is 0.897. The Hall–Kier alpha value is -1.39. The van der Waals surface area contributed by atoms with Gasteiger partial charge in [-0.1, -0.05) is 45.0 Å². The fraction of sp³-hybridized carbons (Fsp3) is 0.632. The van der Waals surface area contributed by atoms with Crippen LogP contribution in [0.4, 0.5) is 0 Å². The van der Waals surface area contributed by atoms with Crippen molar-refractivity contribution >= 4 is 5.91 Å². The minimum atomic E-state index is -0.0458. The van der Waals surface area contributed by atoms with E-state index in [2.05, 4.69) is 50.4 Å². The van der Waals surface area contributed by atoms with Crippen LogP contribution in [0.1, 0.15) is 51.2 Å². The third-order valence-corrected chi connectivity index (χ3v) is 4.79. The first-order valence-corrected chi connectivity index (χ1v) is 8.46. The molecule has 1 aliphatic rings. The summed E-state index contributed by atoms with van der Waals surface area (Å²) in [5.74, 6) is 0.111. The lowest BCUT2D eigenvalue weighted by molar-refractivity contribution is -0.127. The SMILES string of the molecule is CO[C@@H]1CC[C@H](C(=O)NCc2ccc(C(C)(C)C)cc2)C[C@H]1N. The highest BCUT2D eigenvalue weighted by molar-refractivity contribution is 5.78.